The van der Waals surface area contributed by atoms with Crippen LogP contribution in [0.3, 0.4) is 0 Å². The Balaban J connectivity index is 2.10. The lowest BCUT2D eigenvalue weighted by atomic mass is 9.82. The maximum atomic E-state index is 5.65. The van der Waals surface area contributed by atoms with Crippen molar-refractivity contribution in [2.24, 2.45) is 17.6 Å². The molecule has 1 fully saturated rings. The molecule has 3 nitrogen and oxygen atoms in total. The summed E-state index contributed by atoms with van der Waals surface area (Å²) in [6, 6.07) is 0. The average molecular weight is 185 g/mol. The number of hydrazine groups is 1. The van der Waals surface area contributed by atoms with Crippen LogP contribution in [0.25, 0.3) is 0 Å². The molecule has 1 saturated carbocycles. The highest BCUT2D eigenvalue weighted by molar-refractivity contribution is 4.73. The van der Waals surface area contributed by atoms with E-state index in [0.717, 1.165) is 24.9 Å². The van der Waals surface area contributed by atoms with Gasteiger partial charge in [-0.2, -0.15) is 0 Å². The molecule has 3 N–H and O–H groups in total. The summed E-state index contributed by atoms with van der Waals surface area (Å²) in [4.78, 5) is 0. The Morgan fingerprint density at radius 1 is 1.15 bits per heavy atom. The van der Waals surface area contributed by atoms with Crippen molar-refractivity contribution >= 4 is 0 Å². The monoisotopic (exact) mass is 185 g/mol. The van der Waals surface area contributed by atoms with Gasteiger partial charge < -0.3 is 5.73 Å². The SMILES string of the molecule is CN(C)NCC1CCC(CN)CC1. The molecule has 1 aliphatic carbocycles. The van der Waals surface area contributed by atoms with Gasteiger partial charge in [0.25, 0.3) is 0 Å². The molecule has 0 saturated heterocycles. The summed E-state index contributed by atoms with van der Waals surface area (Å²) < 4.78 is 0. The predicted molar refractivity (Wildman–Crippen MR) is 56.2 cm³/mol. The van der Waals surface area contributed by atoms with Crippen LogP contribution >= 0.6 is 0 Å². The molecule has 1 rings (SSSR count). The van der Waals surface area contributed by atoms with Crippen LogP contribution in [0.1, 0.15) is 25.7 Å². The minimum atomic E-state index is 0.801. The molecule has 0 amide bonds. The van der Waals surface area contributed by atoms with Gasteiger partial charge >= 0.3 is 0 Å². The van der Waals surface area contributed by atoms with E-state index in [4.69, 9.17) is 5.73 Å². The molecule has 0 radical (unpaired) electrons. The van der Waals surface area contributed by atoms with Crippen molar-refractivity contribution in [3.63, 3.8) is 0 Å². The van der Waals surface area contributed by atoms with E-state index in [1.54, 1.807) is 0 Å². The lowest BCUT2D eigenvalue weighted by Gasteiger charge is -2.28. The van der Waals surface area contributed by atoms with Crippen LogP contribution in [0, 0.1) is 11.8 Å². The first kappa shape index (κ1) is 11.0. The number of nitrogens with two attached hydrogens (primary N) is 1. The van der Waals surface area contributed by atoms with Gasteiger partial charge in [-0.15, -0.1) is 0 Å². The van der Waals surface area contributed by atoms with Gasteiger partial charge in [0, 0.05) is 20.6 Å². The number of nitrogens with zero attached hydrogens (tertiary/aromatic N) is 1. The van der Waals surface area contributed by atoms with E-state index >= 15 is 0 Å². The first-order valence-electron chi connectivity index (χ1n) is 5.33. The third-order valence-corrected chi connectivity index (χ3v) is 3.00. The standard InChI is InChI=1S/C10H23N3/c1-13(2)12-8-10-5-3-9(7-11)4-6-10/h9-10,12H,3-8,11H2,1-2H3. The normalized spacial score (nSPS) is 29.5. The van der Waals surface area contributed by atoms with Crippen molar-refractivity contribution in [1.29, 1.82) is 0 Å². The second-order valence-corrected chi connectivity index (χ2v) is 4.38. The van der Waals surface area contributed by atoms with Crippen LogP contribution in [0.4, 0.5) is 0 Å². The number of nitrogens with one attached hydrogen (secondary N) is 1. The van der Waals surface area contributed by atoms with Gasteiger partial charge in [0.2, 0.25) is 0 Å². The van der Waals surface area contributed by atoms with Gasteiger partial charge in [0.1, 0.15) is 0 Å². The molecule has 0 spiro atoms. The summed E-state index contributed by atoms with van der Waals surface area (Å²) in [5, 5.41) is 2.04. The third-order valence-electron chi connectivity index (χ3n) is 3.00. The van der Waals surface area contributed by atoms with Crippen LogP contribution in [-0.4, -0.2) is 32.2 Å². The quantitative estimate of drug-likeness (QED) is 0.637. The highest BCUT2D eigenvalue weighted by Crippen LogP contribution is 2.27. The summed E-state index contributed by atoms with van der Waals surface area (Å²) in [5.74, 6) is 1.67. The maximum absolute atomic E-state index is 5.65. The van der Waals surface area contributed by atoms with Crippen molar-refractivity contribution in [3.05, 3.63) is 0 Å². The minimum absolute atomic E-state index is 0.801. The van der Waals surface area contributed by atoms with Crippen LogP contribution in [0.5, 0.6) is 0 Å². The zero-order valence-corrected chi connectivity index (χ0v) is 8.92. The first-order valence-corrected chi connectivity index (χ1v) is 5.33. The maximum Gasteiger partial charge on any atom is 0.0130 e. The van der Waals surface area contributed by atoms with Crippen molar-refractivity contribution in [2.45, 2.75) is 25.7 Å². The zero-order chi connectivity index (χ0) is 9.68. The second kappa shape index (κ2) is 5.58. The molecule has 0 heterocycles. The minimum Gasteiger partial charge on any atom is -0.330 e. The molecule has 78 valence electrons. The largest absolute Gasteiger partial charge is 0.330 e. The third kappa shape index (κ3) is 4.07. The van der Waals surface area contributed by atoms with E-state index < -0.39 is 0 Å². The predicted octanol–water partition coefficient (Wildman–Crippen LogP) is 0.818. The van der Waals surface area contributed by atoms with E-state index in [1.807, 2.05) is 19.1 Å². The Bertz CT molecular complexity index is 128. The van der Waals surface area contributed by atoms with Gasteiger partial charge in [-0.3, -0.25) is 10.4 Å². The number of hydrogen-bond acceptors (Lipinski definition) is 3. The molecule has 13 heavy (non-hydrogen) atoms. The molecule has 0 aromatic rings. The van der Waals surface area contributed by atoms with Gasteiger partial charge in [0.15, 0.2) is 0 Å². The molecule has 0 aliphatic heterocycles. The lowest BCUT2D eigenvalue weighted by molar-refractivity contribution is 0.213. The zero-order valence-electron chi connectivity index (χ0n) is 8.92. The highest BCUT2D eigenvalue weighted by atomic mass is 15.5. The van der Waals surface area contributed by atoms with Crippen molar-refractivity contribution in [2.75, 3.05) is 27.2 Å². The summed E-state index contributed by atoms with van der Waals surface area (Å²) in [5.41, 5.74) is 9.00. The van der Waals surface area contributed by atoms with E-state index in [9.17, 15) is 0 Å². The molecule has 0 atom stereocenters. The average Bonchev–Trinajstić information content (AvgIpc) is 2.15. The summed E-state index contributed by atoms with van der Waals surface area (Å²) >= 11 is 0. The second-order valence-electron chi connectivity index (χ2n) is 4.38. The fraction of sp³-hybridized carbons (Fsp3) is 1.00. The Morgan fingerprint density at radius 3 is 2.15 bits per heavy atom. The molecule has 1 aliphatic rings. The first-order chi connectivity index (χ1) is 6.22. The smallest absolute Gasteiger partial charge is 0.0130 e. The molecule has 0 unspecified atom stereocenters. The van der Waals surface area contributed by atoms with E-state index in [2.05, 4.69) is 5.43 Å². The number of hydrogen-bond donors (Lipinski definition) is 2. The molecule has 0 aromatic carbocycles. The van der Waals surface area contributed by atoms with Gasteiger partial charge in [-0.05, 0) is 44.1 Å². The summed E-state index contributed by atoms with van der Waals surface area (Å²) in [7, 11) is 4.09. The topological polar surface area (TPSA) is 41.3 Å². The van der Waals surface area contributed by atoms with Crippen LogP contribution in [0.15, 0.2) is 0 Å². The van der Waals surface area contributed by atoms with E-state index in [-0.39, 0.29) is 0 Å². The molecular formula is C10H23N3. The van der Waals surface area contributed by atoms with Crippen LogP contribution in [-0.2, 0) is 0 Å². The Hall–Kier alpha value is -0.120. The summed E-state index contributed by atoms with van der Waals surface area (Å²) in [6.07, 6.45) is 5.36. The fourth-order valence-corrected chi connectivity index (χ4v) is 1.98. The van der Waals surface area contributed by atoms with E-state index in [1.165, 1.54) is 25.7 Å². The van der Waals surface area contributed by atoms with Crippen molar-refractivity contribution < 1.29 is 0 Å². The van der Waals surface area contributed by atoms with Crippen LogP contribution in [0.2, 0.25) is 0 Å². The molecule has 0 aromatic heterocycles. The van der Waals surface area contributed by atoms with Crippen molar-refractivity contribution in [1.82, 2.24) is 10.4 Å². The fourth-order valence-electron chi connectivity index (χ4n) is 1.98. The Labute approximate surface area is 81.6 Å². The molecular weight excluding hydrogens is 162 g/mol. The lowest BCUT2D eigenvalue weighted by Crippen LogP contribution is -2.36. The van der Waals surface area contributed by atoms with Crippen molar-refractivity contribution in [3.8, 4) is 0 Å². The Kier molecular flexibility index (Phi) is 4.70. The van der Waals surface area contributed by atoms with E-state index in [0.29, 0.717) is 0 Å². The van der Waals surface area contributed by atoms with Crippen LogP contribution < -0.4 is 11.2 Å². The Morgan fingerprint density at radius 2 is 1.69 bits per heavy atom. The van der Waals surface area contributed by atoms with Gasteiger partial charge in [-0.1, -0.05) is 0 Å². The van der Waals surface area contributed by atoms with Gasteiger partial charge in [-0.25, -0.2) is 0 Å². The van der Waals surface area contributed by atoms with Gasteiger partial charge in [0.05, 0.1) is 0 Å². The molecule has 3 heteroatoms. The summed E-state index contributed by atoms with van der Waals surface area (Å²) in [6.45, 7) is 2.01. The molecule has 0 bridgehead atoms. The highest BCUT2D eigenvalue weighted by Gasteiger charge is 2.19. The number of rotatable bonds is 4.